The van der Waals surface area contributed by atoms with Crippen LogP contribution in [0.4, 0.5) is 0 Å². The van der Waals surface area contributed by atoms with Gasteiger partial charge in [0, 0.05) is 5.69 Å². The van der Waals surface area contributed by atoms with Gasteiger partial charge < -0.3 is 4.74 Å². The van der Waals surface area contributed by atoms with E-state index in [1.54, 1.807) is 0 Å². The Labute approximate surface area is 92.4 Å². The molecule has 0 aliphatic carbocycles. The average Bonchev–Trinajstić information content (AvgIpc) is 2.47. The van der Waals surface area contributed by atoms with Crippen molar-refractivity contribution in [2.45, 2.75) is 53.2 Å². The van der Waals surface area contributed by atoms with E-state index in [2.05, 4.69) is 39.7 Å². The molecule has 0 unspecified atom stereocenters. The Morgan fingerprint density at radius 3 is 2.47 bits per heavy atom. The lowest BCUT2D eigenvalue weighted by molar-refractivity contribution is 0.0706. The molecular weight excluding hydrogens is 188 g/mol. The van der Waals surface area contributed by atoms with Gasteiger partial charge in [0.2, 0.25) is 0 Å². The quantitative estimate of drug-likeness (QED) is 0.747. The molecule has 15 heavy (non-hydrogen) atoms. The van der Waals surface area contributed by atoms with Crippen molar-refractivity contribution in [1.29, 1.82) is 0 Å². The number of rotatable bonds is 5. The third kappa shape index (κ3) is 3.34. The molecule has 3 heteroatoms. The number of aromatic nitrogens is 2. The first-order chi connectivity index (χ1) is 7.02. The zero-order valence-electron chi connectivity index (χ0n) is 10.4. The molecule has 0 aromatic carbocycles. The molecule has 0 atom stereocenters. The van der Waals surface area contributed by atoms with Crippen molar-refractivity contribution in [3.63, 3.8) is 0 Å². The molecule has 0 saturated carbocycles. The molecule has 0 saturated heterocycles. The summed E-state index contributed by atoms with van der Waals surface area (Å²) in [6.07, 6.45) is 2.26. The fraction of sp³-hybridized carbons (Fsp3) is 0.750. The Balaban J connectivity index is 2.55. The lowest BCUT2D eigenvalue weighted by atomic mass is 10.1. The first-order valence-corrected chi connectivity index (χ1v) is 5.66. The minimum absolute atomic E-state index is 0.297. The molecule has 0 radical (unpaired) electrons. The van der Waals surface area contributed by atoms with Gasteiger partial charge in [-0.25, -0.2) is 0 Å². The fourth-order valence-corrected chi connectivity index (χ4v) is 1.63. The largest absolute Gasteiger partial charge is 0.377 e. The van der Waals surface area contributed by atoms with Crippen molar-refractivity contribution >= 4 is 0 Å². The van der Waals surface area contributed by atoms with Crippen LogP contribution in [0, 0.1) is 6.92 Å². The summed E-state index contributed by atoms with van der Waals surface area (Å²) in [7, 11) is 0. The Hall–Kier alpha value is -0.830. The summed E-state index contributed by atoms with van der Waals surface area (Å²) in [6.45, 7) is 12.2. The molecule has 0 bridgehead atoms. The van der Waals surface area contributed by atoms with Gasteiger partial charge in [0.25, 0.3) is 0 Å². The predicted octanol–water partition coefficient (Wildman–Crippen LogP) is 2.74. The number of hydrogen-bond acceptors (Lipinski definition) is 2. The van der Waals surface area contributed by atoms with Gasteiger partial charge in [-0.2, -0.15) is 5.10 Å². The molecule has 86 valence electrons. The zero-order chi connectivity index (χ0) is 11.4. The van der Waals surface area contributed by atoms with Crippen LogP contribution in [-0.4, -0.2) is 22.5 Å². The minimum Gasteiger partial charge on any atom is -0.377 e. The van der Waals surface area contributed by atoms with Crippen LogP contribution < -0.4 is 0 Å². The van der Waals surface area contributed by atoms with Crippen LogP contribution in [-0.2, 0) is 11.3 Å². The standard InChI is InChI=1S/C12H22N2O/c1-9(2)12-8-13-14(11(12)5)6-7-15-10(3)4/h8-10H,6-7H2,1-5H3. The monoisotopic (exact) mass is 210 g/mol. The lowest BCUT2D eigenvalue weighted by Crippen LogP contribution is -2.12. The molecule has 0 amide bonds. The van der Waals surface area contributed by atoms with E-state index in [4.69, 9.17) is 4.74 Å². The summed E-state index contributed by atoms with van der Waals surface area (Å²) in [6, 6.07) is 0. The maximum Gasteiger partial charge on any atom is 0.0666 e. The van der Waals surface area contributed by atoms with Crippen molar-refractivity contribution in [3.8, 4) is 0 Å². The fourth-order valence-electron chi connectivity index (χ4n) is 1.63. The van der Waals surface area contributed by atoms with E-state index in [9.17, 15) is 0 Å². The topological polar surface area (TPSA) is 27.1 Å². The number of ether oxygens (including phenoxy) is 1. The van der Waals surface area contributed by atoms with Gasteiger partial charge in [0.1, 0.15) is 0 Å². The first kappa shape index (κ1) is 12.2. The molecule has 0 aliphatic rings. The Kier molecular flexibility index (Phi) is 4.33. The summed E-state index contributed by atoms with van der Waals surface area (Å²) in [5.74, 6) is 0.546. The van der Waals surface area contributed by atoms with E-state index in [0.29, 0.717) is 12.0 Å². The number of nitrogens with zero attached hydrogens (tertiary/aromatic N) is 2. The highest BCUT2D eigenvalue weighted by Gasteiger charge is 2.09. The Morgan fingerprint density at radius 1 is 1.33 bits per heavy atom. The van der Waals surface area contributed by atoms with Gasteiger partial charge in [-0.3, -0.25) is 4.68 Å². The van der Waals surface area contributed by atoms with Crippen LogP contribution in [0.1, 0.15) is 44.9 Å². The maximum absolute atomic E-state index is 5.51. The van der Waals surface area contributed by atoms with Gasteiger partial charge in [-0.15, -0.1) is 0 Å². The van der Waals surface area contributed by atoms with Crippen LogP contribution in [0.15, 0.2) is 6.20 Å². The van der Waals surface area contributed by atoms with Gasteiger partial charge in [0.15, 0.2) is 0 Å². The highest BCUT2D eigenvalue weighted by atomic mass is 16.5. The molecule has 0 N–H and O–H groups in total. The smallest absolute Gasteiger partial charge is 0.0666 e. The highest BCUT2D eigenvalue weighted by Crippen LogP contribution is 2.17. The lowest BCUT2D eigenvalue weighted by Gasteiger charge is -2.09. The van der Waals surface area contributed by atoms with Crippen LogP contribution >= 0.6 is 0 Å². The molecule has 1 heterocycles. The molecule has 1 aromatic rings. The zero-order valence-corrected chi connectivity index (χ0v) is 10.4. The highest BCUT2D eigenvalue weighted by molar-refractivity contribution is 5.19. The Bertz CT molecular complexity index is 303. The van der Waals surface area contributed by atoms with E-state index in [1.807, 2.05) is 10.9 Å². The van der Waals surface area contributed by atoms with Crippen LogP contribution in [0.5, 0.6) is 0 Å². The second kappa shape index (κ2) is 5.31. The van der Waals surface area contributed by atoms with E-state index in [1.165, 1.54) is 11.3 Å². The summed E-state index contributed by atoms with van der Waals surface area (Å²) in [5.41, 5.74) is 2.59. The van der Waals surface area contributed by atoms with Crippen molar-refractivity contribution in [2.24, 2.45) is 0 Å². The molecular formula is C12H22N2O. The van der Waals surface area contributed by atoms with Crippen LogP contribution in [0.3, 0.4) is 0 Å². The molecule has 1 rings (SSSR count). The van der Waals surface area contributed by atoms with Gasteiger partial charge in [-0.05, 0) is 32.3 Å². The Morgan fingerprint density at radius 2 is 2.00 bits per heavy atom. The molecule has 0 fully saturated rings. The van der Waals surface area contributed by atoms with Crippen molar-refractivity contribution in [2.75, 3.05) is 6.61 Å². The molecule has 0 aliphatic heterocycles. The van der Waals surface area contributed by atoms with Crippen molar-refractivity contribution in [3.05, 3.63) is 17.5 Å². The summed E-state index contributed by atoms with van der Waals surface area (Å²) in [5, 5.41) is 4.37. The molecule has 3 nitrogen and oxygen atoms in total. The molecule has 0 spiro atoms. The maximum atomic E-state index is 5.51. The van der Waals surface area contributed by atoms with Gasteiger partial charge >= 0.3 is 0 Å². The average molecular weight is 210 g/mol. The summed E-state index contributed by atoms with van der Waals surface area (Å²) < 4.78 is 7.54. The van der Waals surface area contributed by atoms with Crippen molar-refractivity contribution in [1.82, 2.24) is 9.78 Å². The normalized spacial score (nSPS) is 11.7. The third-order valence-electron chi connectivity index (χ3n) is 2.52. The first-order valence-electron chi connectivity index (χ1n) is 5.66. The summed E-state index contributed by atoms with van der Waals surface area (Å²) in [4.78, 5) is 0. The SMILES string of the molecule is Cc1c(C(C)C)cnn1CCOC(C)C. The third-order valence-corrected chi connectivity index (χ3v) is 2.52. The minimum atomic E-state index is 0.297. The van der Waals surface area contributed by atoms with E-state index in [-0.39, 0.29) is 0 Å². The predicted molar refractivity (Wildman–Crippen MR) is 62.1 cm³/mol. The second-order valence-corrected chi connectivity index (χ2v) is 4.48. The molecule has 1 aromatic heterocycles. The summed E-state index contributed by atoms with van der Waals surface area (Å²) >= 11 is 0. The van der Waals surface area contributed by atoms with Gasteiger partial charge in [-0.1, -0.05) is 13.8 Å². The van der Waals surface area contributed by atoms with E-state index < -0.39 is 0 Å². The van der Waals surface area contributed by atoms with E-state index >= 15 is 0 Å². The second-order valence-electron chi connectivity index (χ2n) is 4.48. The van der Waals surface area contributed by atoms with Gasteiger partial charge in [0.05, 0.1) is 25.5 Å². The van der Waals surface area contributed by atoms with E-state index in [0.717, 1.165) is 13.2 Å². The number of hydrogen-bond donors (Lipinski definition) is 0. The van der Waals surface area contributed by atoms with Crippen molar-refractivity contribution < 1.29 is 4.74 Å². The van der Waals surface area contributed by atoms with Crippen LogP contribution in [0.2, 0.25) is 0 Å². The van der Waals surface area contributed by atoms with Crippen LogP contribution in [0.25, 0.3) is 0 Å².